The minimum absolute atomic E-state index is 0.287. The molecule has 5 heteroatoms. The zero-order valence-corrected chi connectivity index (χ0v) is 17.5. The van der Waals surface area contributed by atoms with Crippen LogP contribution in [0.25, 0.3) is 11.1 Å². The van der Waals surface area contributed by atoms with E-state index in [2.05, 4.69) is 0 Å². The van der Waals surface area contributed by atoms with E-state index in [-0.39, 0.29) is 12.4 Å². The van der Waals surface area contributed by atoms with Crippen LogP contribution in [-0.4, -0.2) is 28.9 Å². The fraction of sp³-hybridized carbons (Fsp3) is 0.417. The first-order chi connectivity index (χ1) is 13.6. The van der Waals surface area contributed by atoms with E-state index in [1.165, 1.54) is 11.0 Å². The highest BCUT2D eigenvalue weighted by atomic mass is 19.1. The van der Waals surface area contributed by atoms with Crippen molar-refractivity contribution < 1.29 is 19.1 Å². The summed E-state index contributed by atoms with van der Waals surface area (Å²) in [5.41, 5.74) is 1.63. The van der Waals surface area contributed by atoms with Crippen molar-refractivity contribution in [1.82, 2.24) is 4.90 Å². The lowest BCUT2D eigenvalue weighted by Crippen LogP contribution is -2.54. The summed E-state index contributed by atoms with van der Waals surface area (Å²) in [6, 6.07) is 10.6. The molecule has 1 atom stereocenters. The lowest BCUT2D eigenvalue weighted by molar-refractivity contribution is -0.120. The molecule has 154 valence electrons. The minimum Gasteiger partial charge on any atom is -0.465 e. The average Bonchev–Trinajstić information content (AvgIpc) is 2.66. The Bertz CT molecular complexity index is 948. The van der Waals surface area contributed by atoms with Crippen LogP contribution < -0.4 is 0 Å². The van der Waals surface area contributed by atoms with E-state index in [0.29, 0.717) is 29.5 Å². The summed E-state index contributed by atoms with van der Waals surface area (Å²) in [6.07, 6.45) is 1.45. The number of hydrogen-bond acceptors (Lipinski definition) is 2. The van der Waals surface area contributed by atoms with Crippen LogP contribution >= 0.6 is 0 Å². The highest BCUT2D eigenvalue weighted by Crippen LogP contribution is 2.45. The number of carbonyl (C=O) groups is 2. The van der Waals surface area contributed by atoms with Crippen molar-refractivity contribution in [2.75, 3.05) is 6.54 Å². The molecule has 0 radical (unpaired) electrons. The van der Waals surface area contributed by atoms with E-state index in [1.807, 2.05) is 52.0 Å². The van der Waals surface area contributed by atoms with Gasteiger partial charge in [0.1, 0.15) is 17.6 Å². The molecule has 1 N–H and O–H groups in total. The highest BCUT2D eigenvalue weighted by Gasteiger charge is 2.46. The van der Waals surface area contributed by atoms with Gasteiger partial charge in [0.05, 0.1) is 0 Å². The van der Waals surface area contributed by atoms with Crippen molar-refractivity contribution in [2.45, 2.75) is 57.9 Å². The first-order valence-corrected chi connectivity index (χ1v) is 9.99. The number of halogens is 1. The third-order valence-corrected chi connectivity index (χ3v) is 5.77. The fourth-order valence-electron chi connectivity index (χ4n) is 4.53. The summed E-state index contributed by atoms with van der Waals surface area (Å²) >= 11 is 0. The van der Waals surface area contributed by atoms with Gasteiger partial charge in [0.15, 0.2) is 0 Å². The van der Waals surface area contributed by atoms with Crippen molar-refractivity contribution in [1.29, 1.82) is 0 Å². The lowest BCUT2D eigenvalue weighted by atomic mass is 9.71. The van der Waals surface area contributed by atoms with Crippen LogP contribution in [0.4, 0.5) is 9.18 Å². The highest BCUT2D eigenvalue weighted by molar-refractivity contribution is 5.81. The van der Waals surface area contributed by atoms with Gasteiger partial charge in [-0.15, -0.1) is 0 Å². The molecule has 4 nitrogen and oxygen atoms in total. The molecule has 2 aromatic carbocycles. The molecular formula is C24H28FNO3. The van der Waals surface area contributed by atoms with Gasteiger partial charge >= 0.3 is 6.09 Å². The second-order valence-electron chi connectivity index (χ2n) is 8.90. The number of aryl methyl sites for hydroxylation is 1. The molecule has 1 heterocycles. The number of rotatable bonds is 3. The van der Waals surface area contributed by atoms with Crippen LogP contribution in [0, 0.1) is 12.7 Å². The van der Waals surface area contributed by atoms with Crippen LogP contribution in [0.2, 0.25) is 0 Å². The second kappa shape index (κ2) is 7.62. The van der Waals surface area contributed by atoms with Gasteiger partial charge in [0.2, 0.25) is 0 Å². The van der Waals surface area contributed by atoms with Crippen LogP contribution in [-0.2, 0) is 15.7 Å². The smallest absolute Gasteiger partial charge is 0.408 e. The first-order valence-electron chi connectivity index (χ1n) is 9.99. The van der Waals surface area contributed by atoms with E-state index < -0.39 is 17.0 Å². The van der Waals surface area contributed by atoms with Crippen LogP contribution in [0.1, 0.15) is 56.7 Å². The molecule has 0 saturated carbocycles. The lowest BCUT2D eigenvalue weighted by Gasteiger charge is -2.44. The van der Waals surface area contributed by atoms with E-state index in [4.69, 9.17) is 0 Å². The second-order valence-corrected chi connectivity index (χ2v) is 8.90. The number of carboxylic acid groups (broad SMARTS) is 1. The quantitative estimate of drug-likeness (QED) is 0.680. The van der Waals surface area contributed by atoms with Crippen LogP contribution in [0.3, 0.4) is 0 Å². The van der Waals surface area contributed by atoms with Crippen molar-refractivity contribution in [2.24, 2.45) is 0 Å². The maximum atomic E-state index is 15.2. The molecule has 29 heavy (non-hydrogen) atoms. The van der Waals surface area contributed by atoms with E-state index in [1.54, 1.807) is 6.07 Å². The van der Waals surface area contributed by atoms with Gasteiger partial charge < -0.3 is 9.90 Å². The van der Waals surface area contributed by atoms with E-state index in [9.17, 15) is 14.7 Å². The molecule has 0 unspecified atom stereocenters. The molecule has 1 amide bonds. The van der Waals surface area contributed by atoms with Gasteiger partial charge in [-0.25, -0.2) is 9.18 Å². The van der Waals surface area contributed by atoms with Crippen LogP contribution in [0.5, 0.6) is 0 Å². The maximum Gasteiger partial charge on any atom is 0.408 e. The summed E-state index contributed by atoms with van der Waals surface area (Å²) in [7, 11) is 0. The van der Waals surface area contributed by atoms with Crippen molar-refractivity contribution in [3.8, 4) is 11.1 Å². The van der Waals surface area contributed by atoms with Gasteiger partial charge in [-0.3, -0.25) is 4.90 Å². The Hall–Kier alpha value is -2.69. The molecule has 1 aliphatic heterocycles. The molecule has 1 aliphatic rings. The summed E-state index contributed by atoms with van der Waals surface area (Å²) in [4.78, 5) is 25.7. The van der Waals surface area contributed by atoms with Gasteiger partial charge in [-0.05, 0) is 54.4 Å². The first kappa shape index (κ1) is 21.0. The zero-order valence-electron chi connectivity index (χ0n) is 17.5. The third kappa shape index (κ3) is 3.66. The number of hydrogen-bond donors (Lipinski definition) is 1. The zero-order chi connectivity index (χ0) is 21.4. The molecule has 0 aromatic heterocycles. The van der Waals surface area contributed by atoms with Crippen molar-refractivity contribution in [3.05, 3.63) is 58.9 Å². The molecule has 0 spiro atoms. The predicted molar refractivity (Wildman–Crippen MR) is 112 cm³/mol. The molecule has 1 fully saturated rings. The Balaban J connectivity index is 2.39. The number of piperidine rings is 1. The molecule has 1 saturated heterocycles. The number of benzene rings is 2. The predicted octanol–water partition coefficient (Wildman–Crippen LogP) is 5.66. The number of carbonyl (C=O) groups excluding carboxylic acids is 1. The molecule has 3 rings (SSSR count). The fourth-order valence-corrected chi connectivity index (χ4v) is 4.53. The topological polar surface area (TPSA) is 57.6 Å². The van der Waals surface area contributed by atoms with Crippen molar-refractivity contribution in [3.63, 3.8) is 0 Å². The Labute approximate surface area is 171 Å². The molecule has 0 aliphatic carbocycles. The molecule has 2 aromatic rings. The number of aldehydes is 1. The normalized spacial score (nSPS) is 19.8. The Morgan fingerprint density at radius 2 is 1.93 bits per heavy atom. The SMILES string of the molecule is Cc1cccc(-c2c(F)ccc([C@@]3(C=O)CCCCN3C(=O)O)c2C(C)(C)C)c1. The van der Waals surface area contributed by atoms with E-state index in [0.717, 1.165) is 23.8 Å². The maximum absolute atomic E-state index is 15.2. The van der Waals surface area contributed by atoms with Gasteiger partial charge in [0, 0.05) is 12.1 Å². The summed E-state index contributed by atoms with van der Waals surface area (Å²) < 4.78 is 15.2. The number of amides is 1. The number of nitrogens with zero attached hydrogens (tertiary/aromatic N) is 1. The Morgan fingerprint density at radius 3 is 2.52 bits per heavy atom. The van der Waals surface area contributed by atoms with E-state index >= 15 is 4.39 Å². The molecular weight excluding hydrogens is 369 g/mol. The van der Waals surface area contributed by atoms with Gasteiger partial charge in [-0.1, -0.05) is 56.7 Å². The summed E-state index contributed by atoms with van der Waals surface area (Å²) in [5.74, 6) is -0.372. The number of likely N-dealkylation sites (tertiary alicyclic amines) is 1. The summed E-state index contributed by atoms with van der Waals surface area (Å²) in [5, 5.41) is 9.83. The van der Waals surface area contributed by atoms with Crippen LogP contribution in [0.15, 0.2) is 36.4 Å². The third-order valence-electron chi connectivity index (χ3n) is 5.77. The monoisotopic (exact) mass is 397 g/mol. The minimum atomic E-state index is -1.31. The Kier molecular flexibility index (Phi) is 5.52. The average molecular weight is 397 g/mol. The summed E-state index contributed by atoms with van der Waals surface area (Å²) in [6.45, 7) is 8.14. The van der Waals surface area contributed by atoms with Gasteiger partial charge in [-0.2, -0.15) is 0 Å². The van der Waals surface area contributed by atoms with Gasteiger partial charge in [0.25, 0.3) is 0 Å². The Morgan fingerprint density at radius 1 is 1.21 bits per heavy atom. The molecule has 0 bridgehead atoms. The van der Waals surface area contributed by atoms with Crippen molar-refractivity contribution >= 4 is 12.4 Å². The standard InChI is InChI=1S/C24H28FNO3/c1-16-8-7-9-17(14-16)20-19(25)11-10-18(21(20)23(2,3)4)24(15-27)12-5-6-13-26(24)22(28)29/h7-11,14-15H,5-6,12-13H2,1-4H3,(H,28,29)/t24-/m0/s1. The largest absolute Gasteiger partial charge is 0.465 e.